The molecular weight excluding hydrogens is 396 g/mol. The molecule has 5 nitrogen and oxygen atoms in total. The number of hydrogen-bond acceptors (Lipinski definition) is 4. The zero-order valence-electron chi connectivity index (χ0n) is 12.6. The van der Waals surface area contributed by atoms with Gasteiger partial charge in [-0.25, -0.2) is 4.98 Å². The quantitative estimate of drug-likeness (QED) is 0.619. The van der Waals surface area contributed by atoms with Crippen molar-refractivity contribution in [2.75, 3.05) is 7.11 Å². The van der Waals surface area contributed by atoms with Gasteiger partial charge in [0.15, 0.2) is 5.78 Å². The van der Waals surface area contributed by atoms with Crippen LogP contribution in [-0.2, 0) is 6.54 Å². The van der Waals surface area contributed by atoms with Crippen molar-refractivity contribution < 1.29 is 9.53 Å². The minimum absolute atomic E-state index is 0.114. The number of fused-ring (bicyclic) bond motifs is 1. The number of nitrogens with zero attached hydrogens (tertiary/aromatic N) is 2. The van der Waals surface area contributed by atoms with Crippen LogP contribution in [-0.4, -0.2) is 22.4 Å². The molecule has 0 unspecified atom stereocenters. The van der Waals surface area contributed by atoms with Gasteiger partial charge in [-0.3, -0.25) is 14.2 Å². The summed E-state index contributed by atoms with van der Waals surface area (Å²) in [6, 6.07) is 10.0. The molecule has 7 heteroatoms. The van der Waals surface area contributed by atoms with Gasteiger partial charge in [-0.15, -0.1) is 0 Å². The van der Waals surface area contributed by atoms with Crippen LogP contribution in [0.1, 0.15) is 10.4 Å². The average molecular weight is 408 g/mol. The SMILES string of the molecule is COc1ccc(C(=O)Cn2cnc3ccc(Br)cc3c2=O)cc1Cl. The second-order valence-corrected chi connectivity index (χ2v) is 6.43. The number of ketones is 1. The maximum Gasteiger partial charge on any atom is 0.261 e. The van der Waals surface area contributed by atoms with Gasteiger partial charge < -0.3 is 4.74 Å². The van der Waals surface area contributed by atoms with E-state index in [9.17, 15) is 9.59 Å². The van der Waals surface area contributed by atoms with Crippen LogP contribution in [0.3, 0.4) is 0 Å². The highest BCUT2D eigenvalue weighted by Crippen LogP contribution is 2.25. The standard InChI is InChI=1S/C17H12BrClN2O3/c1-24-16-5-2-10(6-13(16)19)15(22)8-21-9-20-14-4-3-11(18)7-12(14)17(21)23/h2-7,9H,8H2,1H3. The summed E-state index contributed by atoms with van der Waals surface area (Å²) in [5.74, 6) is 0.250. The summed E-state index contributed by atoms with van der Waals surface area (Å²) < 4.78 is 7.13. The minimum atomic E-state index is -0.269. The Kier molecular flexibility index (Phi) is 4.69. The molecule has 3 rings (SSSR count). The molecule has 0 N–H and O–H groups in total. The first-order valence-corrected chi connectivity index (χ1v) is 8.18. The van der Waals surface area contributed by atoms with Crippen molar-refractivity contribution in [1.29, 1.82) is 0 Å². The fraction of sp³-hybridized carbons (Fsp3) is 0.118. The van der Waals surface area contributed by atoms with Crippen molar-refractivity contribution in [3.63, 3.8) is 0 Å². The Morgan fingerprint density at radius 2 is 2.08 bits per heavy atom. The molecule has 0 spiro atoms. The van der Waals surface area contributed by atoms with Crippen LogP contribution in [0.2, 0.25) is 5.02 Å². The summed E-state index contributed by atoms with van der Waals surface area (Å²) in [6.45, 7) is -0.114. The lowest BCUT2D eigenvalue weighted by atomic mass is 10.1. The first-order valence-electron chi connectivity index (χ1n) is 7.01. The highest BCUT2D eigenvalue weighted by Gasteiger charge is 2.12. The molecule has 0 aliphatic rings. The summed E-state index contributed by atoms with van der Waals surface area (Å²) in [5.41, 5.74) is 0.718. The number of ether oxygens (including phenoxy) is 1. The molecule has 0 saturated heterocycles. The van der Waals surface area contributed by atoms with E-state index in [0.717, 1.165) is 4.47 Å². The molecule has 2 aromatic carbocycles. The van der Waals surface area contributed by atoms with E-state index in [2.05, 4.69) is 20.9 Å². The van der Waals surface area contributed by atoms with Crippen LogP contribution in [0, 0.1) is 0 Å². The lowest BCUT2D eigenvalue weighted by molar-refractivity contribution is 0.0970. The van der Waals surface area contributed by atoms with Crippen molar-refractivity contribution in [3.8, 4) is 5.75 Å². The predicted molar refractivity (Wildman–Crippen MR) is 96.0 cm³/mol. The Morgan fingerprint density at radius 3 is 2.79 bits per heavy atom. The third-order valence-electron chi connectivity index (χ3n) is 3.57. The van der Waals surface area contributed by atoms with Gasteiger partial charge in [0, 0.05) is 10.0 Å². The Balaban J connectivity index is 1.94. The summed E-state index contributed by atoms with van der Waals surface area (Å²) in [4.78, 5) is 29.2. The Labute approximate surface area is 151 Å². The van der Waals surface area contributed by atoms with Crippen molar-refractivity contribution in [1.82, 2.24) is 9.55 Å². The number of hydrogen-bond donors (Lipinski definition) is 0. The average Bonchev–Trinajstić information content (AvgIpc) is 2.57. The second kappa shape index (κ2) is 6.75. The molecule has 0 saturated carbocycles. The van der Waals surface area contributed by atoms with E-state index in [1.165, 1.54) is 24.1 Å². The van der Waals surface area contributed by atoms with Gasteiger partial charge in [0.2, 0.25) is 0 Å². The molecule has 122 valence electrons. The first kappa shape index (κ1) is 16.7. The number of carbonyl (C=O) groups excluding carboxylic acids is 1. The second-order valence-electron chi connectivity index (χ2n) is 5.11. The van der Waals surface area contributed by atoms with E-state index in [4.69, 9.17) is 16.3 Å². The van der Waals surface area contributed by atoms with Gasteiger partial charge in [-0.2, -0.15) is 0 Å². The monoisotopic (exact) mass is 406 g/mol. The molecule has 0 amide bonds. The highest BCUT2D eigenvalue weighted by atomic mass is 79.9. The Bertz CT molecular complexity index is 1000. The highest BCUT2D eigenvalue weighted by molar-refractivity contribution is 9.10. The molecule has 0 fully saturated rings. The Morgan fingerprint density at radius 1 is 1.29 bits per heavy atom. The molecule has 3 aromatic rings. The number of aromatic nitrogens is 2. The number of carbonyl (C=O) groups is 1. The Hall–Kier alpha value is -2.18. The van der Waals surface area contributed by atoms with E-state index < -0.39 is 0 Å². The molecule has 0 radical (unpaired) electrons. The summed E-state index contributed by atoms with van der Waals surface area (Å²) in [7, 11) is 1.50. The number of Topliss-reactive ketones (excluding diaryl/α,β-unsaturated/α-hetero) is 1. The van der Waals surface area contributed by atoms with Gasteiger partial charge in [0.05, 0.1) is 35.9 Å². The maximum atomic E-state index is 12.5. The van der Waals surface area contributed by atoms with Crippen LogP contribution >= 0.6 is 27.5 Å². The third-order valence-corrected chi connectivity index (χ3v) is 4.36. The predicted octanol–water partition coefficient (Wildman–Crippen LogP) is 3.70. The number of benzene rings is 2. The van der Waals surface area contributed by atoms with Crippen LogP contribution in [0.4, 0.5) is 0 Å². The molecule has 0 atom stereocenters. The normalized spacial score (nSPS) is 10.8. The lowest BCUT2D eigenvalue weighted by Gasteiger charge is -2.08. The van der Waals surface area contributed by atoms with Crippen LogP contribution < -0.4 is 10.3 Å². The fourth-order valence-electron chi connectivity index (χ4n) is 2.33. The van der Waals surface area contributed by atoms with Gasteiger partial charge in [0.1, 0.15) is 5.75 Å². The van der Waals surface area contributed by atoms with E-state index >= 15 is 0 Å². The van der Waals surface area contributed by atoms with E-state index in [1.54, 1.807) is 24.3 Å². The number of halogens is 2. The smallest absolute Gasteiger partial charge is 0.261 e. The summed E-state index contributed by atoms with van der Waals surface area (Å²) in [5, 5.41) is 0.795. The van der Waals surface area contributed by atoms with Crippen LogP contribution in [0.25, 0.3) is 10.9 Å². The van der Waals surface area contributed by atoms with Gasteiger partial charge in [-0.05, 0) is 36.4 Å². The van der Waals surface area contributed by atoms with Crippen molar-refractivity contribution in [2.24, 2.45) is 0 Å². The number of rotatable bonds is 4. The van der Waals surface area contributed by atoms with E-state index in [-0.39, 0.29) is 17.9 Å². The largest absolute Gasteiger partial charge is 0.495 e. The van der Waals surface area contributed by atoms with E-state index in [0.29, 0.717) is 27.2 Å². The van der Waals surface area contributed by atoms with Crippen molar-refractivity contribution in [2.45, 2.75) is 6.54 Å². The number of methoxy groups -OCH3 is 1. The van der Waals surface area contributed by atoms with E-state index in [1.807, 2.05) is 6.07 Å². The van der Waals surface area contributed by atoms with Gasteiger partial charge in [-0.1, -0.05) is 27.5 Å². The zero-order chi connectivity index (χ0) is 17.3. The topological polar surface area (TPSA) is 61.2 Å². The van der Waals surface area contributed by atoms with Crippen molar-refractivity contribution in [3.05, 3.63) is 68.1 Å². The van der Waals surface area contributed by atoms with Gasteiger partial charge in [0.25, 0.3) is 5.56 Å². The lowest BCUT2D eigenvalue weighted by Crippen LogP contribution is -2.24. The minimum Gasteiger partial charge on any atom is -0.495 e. The first-order chi connectivity index (χ1) is 11.5. The fourth-order valence-corrected chi connectivity index (χ4v) is 2.95. The zero-order valence-corrected chi connectivity index (χ0v) is 15.0. The third kappa shape index (κ3) is 3.20. The maximum absolute atomic E-state index is 12.5. The summed E-state index contributed by atoms with van der Waals surface area (Å²) >= 11 is 9.37. The molecule has 0 aliphatic carbocycles. The molecule has 1 aromatic heterocycles. The van der Waals surface area contributed by atoms with Crippen LogP contribution in [0.5, 0.6) is 5.75 Å². The van der Waals surface area contributed by atoms with Crippen molar-refractivity contribution >= 4 is 44.2 Å². The molecule has 24 heavy (non-hydrogen) atoms. The molecular formula is C17H12BrClN2O3. The van der Waals surface area contributed by atoms with Gasteiger partial charge >= 0.3 is 0 Å². The summed E-state index contributed by atoms with van der Waals surface area (Å²) in [6.07, 6.45) is 1.38. The molecule has 0 bridgehead atoms. The molecule has 0 aliphatic heterocycles. The molecule has 1 heterocycles. The van der Waals surface area contributed by atoms with Crippen LogP contribution in [0.15, 0.2) is 52.0 Å².